The zero-order valence-electron chi connectivity index (χ0n) is 12.0. The largest absolute Gasteiger partial charge is 0.301 e. The minimum atomic E-state index is -0.224. The number of nitrogens with one attached hydrogen (secondary N) is 1. The van der Waals surface area contributed by atoms with Crippen molar-refractivity contribution in [3.63, 3.8) is 0 Å². The molecule has 7 heteroatoms. The summed E-state index contributed by atoms with van der Waals surface area (Å²) in [5.41, 5.74) is 0.877. The van der Waals surface area contributed by atoms with E-state index in [1.807, 2.05) is 13.8 Å². The third kappa shape index (κ3) is 4.35. The van der Waals surface area contributed by atoms with E-state index >= 15 is 0 Å². The Morgan fingerprint density at radius 1 is 1.32 bits per heavy atom. The smallest absolute Gasteiger partial charge is 0.251 e. The molecule has 0 aliphatic heterocycles. The second kappa shape index (κ2) is 7.31. The maximum absolute atomic E-state index is 12.2. The third-order valence-electron chi connectivity index (χ3n) is 2.90. The molecule has 0 spiro atoms. The average Bonchev–Trinajstić information content (AvgIpc) is 2.44. The molecule has 0 radical (unpaired) electrons. The van der Waals surface area contributed by atoms with Gasteiger partial charge in [0.05, 0.1) is 16.5 Å². The Bertz CT molecular complexity index is 759. The predicted molar refractivity (Wildman–Crippen MR) is 90.5 cm³/mol. The number of rotatable bonds is 5. The predicted octanol–water partition coefficient (Wildman–Crippen LogP) is 4.18. The van der Waals surface area contributed by atoms with Crippen molar-refractivity contribution in [1.82, 2.24) is 9.97 Å². The summed E-state index contributed by atoms with van der Waals surface area (Å²) in [4.78, 5) is 30.7. The molecule has 1 aromatic carbocycles. The summed E-state index contributed by atoms with van der Waals surface area (Å²) in [5.74, 6) is 0.124. The molecule has 0 atom stereocenters. The summed E-state index contributed by atoms with van der Waals surface area (Å²) in [7, 11) is 0. The minimum absolute atomic E-state index is 0.131. The van der Waals surface area contributed by atoms with Crippen LogP contribution in [0.25, 0.3) is 0 Å². The molecular formula is C15H14Cl2N2O2S. The van der Waals surface area contributed by atoms with Crippen LogP contribution in [0.5, 0.6) is 0 Å². The van der Waals surface area contributed by atoms with Gasteiger partial charge in [0.25, 0.3) is 5.56 Å². The Balaban J connectivity index is 2.13. The summed E-state index contributed by atoms with van der Waals surface area (Å²) in [6, 6.07) is 6.20. The second-order valence-corrected chi connectivity index (χ2v) is 6.77. The first kappa shape index (κ1) is 17.1. The lowest BCUT2D eigenvalue weighted by Crippen LogP contribution is -2.12. The quantitative estimate of drug-likeness (QED) is 0.496. The lowest BCUT2D eigenvalue weighted by molar-refractivity contribution is 0.102. The Morgan fingerprint density at radius 3 is 2.68 bits per heavy atom. The minimum Gasteiger partial charge on any atom is -0.301 e. The number of thioether (sulfide) groups is 1. The van der Waals surface area contributed by atoms with Gasteiger partial charge in [-0.2, -0.15) is 0 Å². The number of benzene rings is 1. The highest BCUT2D eigenvalue weighted by Crippen LogP contribution is 2.23. The molecule has 0 saturated heterocycles. The molecule has 0 unspecified atom stereocenters. The van der Waals surface area contributed by atoms with Gasteiger partial charge in [0.15, 0.2) is 10.9 Å². The van der Waals surface area contributed by atoms with Crippen LogP contribution in [-0.4, -0.2) is 21.5 Å². The van der Waals surface area contributed by atoms with Crippen LogP contribution in [0.2, 0.25) is 10.0 Å². The van der Waals surface area contributed by atoms with Crippen molar-refractivity contribution < 1.29 is 4.79 Å². The molecule has 116 valence electrons. The molecule has 0 saturated carbocycles. The number of halogens is 2. The number of nitrogens with zero attached hydrogens (tertiary/aromatic N) is 1. The number of ketones is 1. The number of aromatic amines is 1. The molecule has 0 amide bonds. The Morgan fingerprint density at radius 2 is 2.05 bits per heavy atom. The van der Waals surface area contributed by atoms with Crippen LogP contribution in [0.1, 0.15) is 35.8 Å². The van der Waals surface area contributed by atoms with E-state index in [-0.39, 0.29) is 23.0 Å². The van der Waals surface area contributed by atoms with Gasteiger partial charge in [0, 0.05) is 16.7 Å². The first-order valence-corrected chi connectivity index (χ1v) is 8.33. The van der Waals surface area contributed by atoms with Crippen molar-refractivity contribution in [2.45, 2.75) is 24.9 Å². The van der Waals surface area contributed by atoms with Gasteiger partial charge in [0.1, 0.15) is 0 Å². The van der Waals surface area contributed by atoms with Crippen LogP contribution < -0.4 is 5.56 Å². The number of hydrogen-bond donors (Lipinski definition) is 1. The summed E-state index contributed by atoms with van der Waals surface area (Å²) in [6.45, 7) is 3.91. The van der Waals surface area contributed by atoms with Gasteiger partial charge in [-0.15, -0.1) is 0 Å². The van der Waals surface area contributed by atoms with Gasteiger partial charge in [-0.05, 0) is 24.1 Å². The average molecular weight is 357 g/mol. The molecule has 1 N–H and O–H groups in total. The number of carbonyl (C=O) groups excluding carboxylic acids is 1. The number of carbonyl (C=O) groups is 1. The van der Waals surface area contributed by atoms with Crippen LogP contribution in [0, 0.1) is 0 Å². The second-order valence-electron chi connectivity index (χ2n) is 4.97. The van der Waals surface area contributed by atoms with Crippen molar-refractivity contribution in [2.24, 2.45) is 0 Å². The van der Waals surface area contributed by atoms with Crippen LogP contribution >= 0.6 is 35.0 Å². The Kier molecular flexibility index (Phi) is 5.67. The highest BCUT2D eigenvalue weighted by Gasteiger charge is 2.13. The molecule has 2 aromatic rings. The van der Waals surface area contributed by atoms with E-state index in [1.165, 1.54) is 23.9 Å². The van der Waals surface area contributed by atoms with Gasteiger partial charge < -0.3 is 4.98 Å². The van der Waals surface area contributed by atoms with Gasteiger partial charge >= 0.3 is 0 Å². The van der Waals surface area contributed by atoms with Crippen molar-refractivity contribution >= 4 is 40.7 Å². The number of hydrogen-bond acceptors (Lipinski definition) is 4. The Hall–Kier alpha value is -1.30. The summed E-state index contributed by atoms with van der Waals surface area (Å²) in [6.07, 6.45) is 0. The van der Waals surface area contributed by atoms with Gasteiger partial charge in [0.2, 0.25) is 0 Å². The van der Waals surface area contributed by atoms with E-state index < -0.39 is 0 Å². The lowest BCUT2D eigenvalue weighted by Gasteiger charge is -2.07. The van der Waals surface area contributed by atoms with E-state index in [1.54, 1.807) is 12.1 Å². The van der Waals surface area contributed by atoms with Crippen molar-refractivity contribution in [3.8, 4) is 0 Å². The molecule has 1 heterocycles. The van der Waals surface area contributed by atoms with Crippen LogP contribution in [0.4, 0.5) is 0 Å². The van der Waals surface area contributed by atoms with E-state index in [9.17, 15) is 9.59 Å². The number of H-pyrrole nitrogens is 1. The molecule has 0 aliphatic carbocycles. The fraction of sp³-hybridized carbons (Fsp3) is 0.267. The van der Waals surface area contributed by atoms with E-state index in [2.05, 4.69) is 9.97 Å². The van der Waals surface area contributed by atoms with Gasteiger partial charge in [-0.1, -0.05) is 48.8 Å². The topological polar surface area (TPSA) is 62.8 Å². The lowest BCUT2D eigenvalue weighted by atomic mass is 10.1. The van der Waals surface area contributed by atoms with Crippen LogP contribution in [0.15, 0.2) is 34.2 Å². The molecule has 22 heavy (non-hydrogen) atoms. The van der Waals surface area contributed by atoms with Crippen LogP contribution in [-0.2, 0) is 0 Å². The molecule has 0 fully saturated rings. The van der Waals surface area contributed by atoms with E-state index in [0.29, 0.717) is 26.5 Å². The fourth-order valence-corrected chi connectivity index (χ4v) is 3.02. The van der Waals surface area contributed by atoms with Crippen LogP contribution in [0.3, 0.4) is 0 Å². The normalized spacial score (nSPS) is 11.0. The molecule has 2 rings (SSSR count). The SMILES string of the molecule is CC(C)c1cc(=O)[nH]c(SCC(=O)c2ccc(Cl)cc2Cl)n1. The third-order valence-corrected chi connectivity index (χ3v) is 4.32. The fourth-order valence-electron chi connectivity index (χ4n) is 1.74. The standard InChI is InChI=1S/C15H14Cl2N2O2S/c1-8(2)12-6-14(21)19-15(18-12)22-7-13(20)10-4-3-9(16)5-11(10)17/h3-6,8H,7H2,1-2H3,(H,18,19,21). The number of aromatic nitrogens is 2. The molecule has 0 bridgehead atoms. The highest BCUT2D eigenvalue weighted by molar-refractivity contribution is 7.99. The zero-order valence-corrected chi connectivity index (χ0v) is 14.4. The molecule has 4 nitrogen and oxygen atoms in total. The summed E-state index contributed by atoms with van der Waals surface area (Å²) in [5, 5.41) is 1.22. The summed E-state index contributed by atoms with van der Waals surface area (Å²) < 4.78 is 0. The number of Topliss-reactive ketones (excluding diaryl/α,β-unsaturated/α-hetero) is 1. The van der Waals surface area contributed by atoms with Gasteiger partial charge in [-0.3, -0.25) is 9.59 Å². The van der Waals surface area contributed by atoms with Crippen molar-refractivity contribution in [3.05, 3.63) is 55.9 Å². The first-order valence-electron chi connectivity index (χ1n) is 6.59. The monoisotopic (exact) mass is 356 g/mol. The Labute approximate surface area is 142 Å². The van der Waals surface area contributed by atoms with E-state index in [0.717, 1.165) is 0 Å². The zero-order chi connectivity index (χ0) is 16.3. The van der Waals surface area contributed by atoms with Crippen molar-refractivity contribution in [1.29, 1.82) is 0 Å². The maximum Gasteiger partial charge on any atom is 0.251 e. The maximum atomic E-state index is 12.2. The summed E-state index contributed by atoms with van der Waals surface area (Å²) >= 11 is 13.0. The molecule has 0 aliphatic rings. The molecule has 1 aromatic heterocycles. The highest BCUT2D eigenvalue weighted by atomic mass is 35.5. The molecular weight excluding hydrogens is 343 g/mol. The van der Waals surface area contributed by atoms with Crippen molar-refractivity contribution in [2.75, 3.05) is 5.75 Å². The first-order chi connectivity index (χ1) is 10.4. The van der Waals surface area contributed by atoms with Gasteiger partial charge in [-0.25, -0.2) is 4.98 Å². The van der Waals surface area contributed by atoms with E-state index in [4.69, 9.17) is 23.2 Å².